The molecule has 0 aromatic heterocycles. The summed E-state index contributed by atoms with van der Waals surface area (Å²) in [6, 6.07) is 4.55. The standard InChI is InChI=1S/C20H29ClFN3O.2ClH/c1-15(16-3-2-6-23-13-16)11-20(26)25-9-7-24(8-10-25)14-17-4-5-18(22)12-19(17)21;;/h4-5,12,15-16,23H,2-3,6-11,13-14H2,1H3;2*1H. The highest BCUT2D eigenvalue weighted by Crippen LogP contribution is 2.24. The maximum Gasteiger partial charge on any atom is 0.222 e. The second-order valence-electron chi connectivity index (χ2n) is 7.68. The van der Waals surface area contributed by atoms with Gasteiger partial charge in [0.1, 0.15) is 5.82 Å². The van der Waals surface area contributed by atoms with Gasteiger partial charge >= 0.3 is 0 Å². The van der Waals surface area contributed by atoms with Gasteiger partial charge in [0.15, 0.2) is 0 Å². The van der Waals surface area contributed by atoms with Crippen molar-refractivity contribution in [1.29, 1.82) is 0 Å². The number of carbonyl (C=O) groups excluding carboxylic acids is 1. The summed E-state index contributed by atoms with van der Waals surface area (Å²) in [7, 11) is 0. The molecule has 2 fully saturated rings. The van der Waals surface area contributed by atoms with E-state index in [1.807, 2.05) is 4.90 Å². The zero-order valence-corrected chi connectivity index (χ0v) is 18.7. The second-order valence-corrected chi connectivity index (χ2v) is 8.09. The van der Waals surface area contributed by atoms with E-state index in [1.165, 1.54) is 25.0 Å². The third kappa shape index (κ3) is 7.03. The number of halogens is 4. The number of amides is 1. The van der Waals surface area contributed by atoms with Crippen LogP contribution in [-0.2, 0) is 11.3 Å². The molecule has 8 heteroatoms. The number of piperazine rings is 1. The molecule has 28 heavy (non-hydrogen) atoms. The lowest BCUT2D eigenvalue weighted by Gasteiger charge is -2.36. The third-order valence-corrected chi connectivity index (χ3v) is 6.12. The van der Waals surface area contributed by atoms with Crippen LogP contribution in [0.4, 0.5) is 4.39 Å². The summed E-state index contributed by atoms with van der Waals surface area (Å²) in [5.41, 5.74) is 0.936. The van der Waals surface area contributed by atoms with Crippen LogP contribution in [-0.4, -0.2) is 55.0 Å². The average molecular weight is 455 g/mol. The first-order chi connectivity index (χ1) is 12.5. The molecule has 2 saturated heterocycles. The quantitative estimate of drug-likeness (QED) is 0.730. The molecule has 2 aliphatic rings. The molecule has 0 radical (unpaired) electrons. The molecule has 1 amide bonds. The van der Waals surface area contributed by atoms with Gasteiger partial charge in [-0.05, 0) is 55.5 Å². The van der Waals surface area contributed by atoms with Crippen LogP contribution in [0.25, 0.3) is 0 Å². The maximum absolute atomic E-state index is 13.2. The van der Waals surface area contributed by atoms with E-state index < -0.39 is 0 Å². The number of carbonyl (C=O) groups is 1. The van der Waals surface area contributed by atoms with Crippen LogP contribution in [0.3, 0.4) is 0 Å². The molecular formula is C20H31Cl3FN3O. The van der Waals surface area contributed by atoms with Gasteiger partial charge in [0, 0.05) is 44.2 Å². The number of piperidine rings is 1. The Balaban J connectivity index is 0.00000196. The molecule has 4 nitrogen and oxygen atoms in total. The van der Waals surface area contributed by atoms with E-state index in [2.05, 4.69) is 17.1 Å². The van der Waals surface area contributed by atoms with Gasteiger partial charge in [-0.1, -0.05) is 24.6 Å². The molecule has 2 heterocycles. The van der Waals surface area contributed by atoms with Crippen molar-refractivity contribution in [1.82, 2.24) is 15.1 Å². The van der Waals surface area contributed by atoms with Crippen molar-refractivity contribution in [2.45, 2.75) is 32.7 Å². The summed E-state index contributed by atoms with van der Waals surface area (Å²) in [4.78, 5) is 16.9. The van der Waals surface area contributed by atoms with Gasteiger partial charge in [-0.15, -0.1) is 24.8 Å². The minimum Gasteiger partial charge on any atom is -0.340 e. The lowest BCUT2D eigenvalue weighted by molar-refractivity contribution is -0.134. The van der Waals surface area contributed by atoms with E-state index in [1.54, 1.807) is 6.07 Å². The van der Waals surface area contributed by atoms with Crippen LogP contribution < -0.4 is 5.32 Å². The summed E-state index contributed by atoms with van der Waals surface area (Å²) >= 11 is 6.12. The van der Waals surface area contributed by atoms with E-state index >= 15 is 0 Å². The lowest BCUT2D eigenvalue weighted by atomic mass is 9.85. The fourth-order valence-electron chi connectivity index (χ4n) is 3.98. The first-order valence-corrected chi connectivity index (χ1v) is 10.1. The highest BCUT2D eigenvalue weighted by Gasteiger charge is 2.26. The van der Waals surface area contributed by atoms with E-state index in [-0.39, 0.29) is 36.5 Å². The van der Waals surface area contributed by atoms with E-state index in [0.29, 0.717) is 29.8 Å². The summed E-state index contributed by atoms with van der Waals surface area (Å²) in [6.07, 6.45) is 3.09. The van der Waals surface area contributed by atoms with Crippen LogP contribution in [0, 0.1) is 17.7 Å². The Labute approximate surface area is 185 Å². The third-order valence-electron chi connectivity index (χ3n) is 5.77. The zero-order chi connectivity index (χ0) is 18.5. The summed E-state index contributed by atoms with van der Waals surface area (Å²) < 4.78 is 13.2. The van der Waals surface area contributed by atoms with E-state index in [4.69, 9.17) is 11.6 Å². The van der Waals surface area contributed by atoms with E-state index in [0.717, 1.165) is 44.8 Å². The van der Waals surface area contributed by atoms with Crippen molar-refractivity contribution in [3.8, 4) is 0 Å². The Morgan fingerprint density at radius 1 is 1.29 bits per heavy atom. The van der Waals surface area contributed by atoms with Crippen molar-refractivity contribution in [2.75, 3.05) is 39.3 Å². The number of nitrogens with zero attached hydrogens (tertiary/aromatic N) is 2. The number of hydrogen-bond acceptors (Lipinski definition) is 3. The molecule has 2 unspecified atom stereocenters. The van der Waals surface area contributed by atoms with Gasteiger partial charge in [-0.25, -0.2) is 4.39 Å². The Morgan fingerprint density at radius 2 is 2.00 bits per heavy atom. The highest BCUT2D eigenvalue weighted by atomic mass is 35.5. The average Bonchev–Trinajstić information content (AvgIpc) is 2.65. The van der Waals surface area contributed by atoms with Crippen molar-refractivity contribution >= 4 is 42.3 Å². The maximum atomic E-state index is 13.2. The summed E-state index contributed by atoms with van der Waals surface area (Å²) in [5, 5.41) is 3.91. The molecule has 0 bridgehead atoms. The number of benzene rings is 1. The lowest BCUT2D eigenvalue weighted by Crippen LogP contribution is -2.49. The fourth-order valence-corrected chi connectivity index (χ4v) is 4.21. The Bertz CT molecular complexity index is 621. The number of rotatable bonds is 5. The van der Waals surface area contributed by atoms with Crippen LogP contribution in [0.15, 0.2) is 18.2 Å². The first-order valence-electron chi connectivity index (χ1n) is 9.67. The first kappa shape index (κ1) is 25.4. The highest BCUT2D eigenvalue weighted by molar-refractivity contribution is 6.31. The fraction of sp³-hybridized carbons (Fsp3) is 0.650. The van der Waals surface area contributed by atoms with E-state index in [9.17, 15) is 9.18 Å². The second kappa shape index (κ2) is 12.2. The molecule has 1 aromatic rings. The molecule has 160 valence electrons. The largest absolute Gasteiger partial charge is 0.340 e. The number of nitrogens with one attached hydrogen (secondary N) is 1. The predicted molar refractivity (Wildman–Crippen MR) is 117 cm³/mol. The molecule has 0 aliphatic carbocycles. The van der Waals surface area contributed by atoms with Crippen molar-refractivity contribution in [2.24, 2.45) is 11.8 Å². The molecular weight excluding hydrogens is 424 g/mol. The molecule has 3 rings (SSSR count). The van der Waals surface area contributed by atoms with Gasteiger partial charge in [0.2, 0.25) is 5.91 Å². The molecule has 1 aromatic carbocycles. The van der Waals surface area contributed by atoms with Crippen LogP contribution >= 0.6 is 36.4 Å². The molecule has 2 aliphatic heterocycles. The van der Waals surface area contributed by atoms with Gasteiger partial charge < -0.3 is 10.2 Å². The SMILES string of the molecule is CC(CC(=O)N1CCN(Cc2ccc(F)cc2Cl)CC1)C1CCCNC1.Cl.Cl. The Morgan fingerprint density at radius 3 is 2.61 bits per heavy atom. The van der Waals surface area contributed by atoms with Crippen molar-refractivity contribution < 1.29 is 9.18 Å². The molecule has 2 atom stereocenters. The van der Waals surface area contributed by atoms with Crippen LogP contribution in [0.2, 0.25) is 5.02 Å². The topological polar surface area (TPSA) is 35.6 Å². The van der Waals surface area contributed by atoms with Crippen molar-refractivity contribution in [3.63, 3.8) is 0 Å². The molecule has 0 spiro atoms. The minimum atomic E-state index is -0.309. The minimum absolute atomic E-state index is 0. The smallest absolute Gasteiger partial charge is 0.222 e. The predicted octanol–water partition coefficient (Wildman–Crippen LogP) is 3.99. The van der Waals surface area contributed by atoms with Gasteiger partial charge in [-0.3, -0.25) is 9.69 Å². The Hall–Kier alpha value is -0.590. The van der Waals surface area contributed by atoms with Gasteiger partial charge in [0.05, 0.1) is 0 Å². The van der Waals surface area contributed by atoms with Crippen LogP contribution in [0.1, 0.15) is 31.7 Å². The van der Waals surface area contributed by atoms with Gasteiger partial charge in [-0.2, -0.15) is 0 Å². The van der Waals surface area contributed by atoms with Gasteiger partial charge in [0.25, 0.3) is 0 Å². The summed E-state index contributed by atoms with van der Waals surface area (Å²) in [6.45, 7) is 8.24. The monoisotopic (exact) mass is 453 g/mol. The Kier molecular flexibility index (Phi) is 11.1. The normalized spacial score (nSPS) is 21.4. The van der Waals surface area contributed by atoms with Crippen LogP contribution in [0.5, 0.6) is 0 Å². The van der Waals surface area contributed by atoms with Crippen molar-refractivity contribution in [3.05, 3.63) is 34.6 Å². The molecule has 0 saturated carbocycles. The molecule has 1 N–H and O–H groups in total. The zero-order valence-electron chi connectivity index (χ0n) is 16.3. The number of hydrogen-bond donors (Lipinski definition) is 1. The summed E-state index contributed by atoms with van der Waals surface area (Å²) in [5.74, 6) is 1.03.